The molecule has 0 saturated heterocycles. The lowest BCUT2D eigenvalue weighted by Gasteiger charge is -2.13. The number of nitrogens with one attached hydrogen (secondary N) is 1. The molecule has 0 aliphatic heterocycles. The summed E-state index contributed by atoms with van der Waals surface area (Å²) in [5, 5.41) is 3.81. The van der Waals surface area contributed by atoms with Crippen molar-refractivity contribution in [2.45, 2.75) is 0 Å². The molecule has 2 aromatic rings. The molecule has 0 saturated carbocycles. The zero-order chi connectivity index (χ0) is 13.1. The van der Waals surface area contributed by atoms with Gasteiger partial charge in [-0.25, -0.2) is 0 Å². The number of hydrogen-bond donors (Lipinski definition) is 2. The van der Waals surface area contributed by atoms with Gasteiger partial charge in [-0.1, -0.05) is 33.6 Å². The van der Waals surface area contributed by atoms with Crippen molar-refractivity contribution in [2.75, 3.05) is 18.2 Å². The Morgan fingerprint density at radius 1 is 1.22 bits per heavy atom. The summed E-state index contributed by atoms with van der Waals surface area (Å²) >= 11 is 9.52. The van der Waals surface area contributed by atoms with Gasteiger partial charge in [0.05, 0.1) is 29.2 Å². The number of nitrogens with two attached hydrogens (primary N) is 1. The molecule has 0 aromatic heterocycles. The maximum absolute atomic E-state index is 6.12. The summed E-state index contributed by atoms with van der Waals surface area (Å²) in [5.41, 5.74) is 8.08. The molecule has 94 valence electrons. The molecule has 5 heteroatoms. The van der Waals surface area contributed by atoms with E-state index < -0.39 is 0 Å². The highest BCUT2D eigenvalue weighted by Gasteiger charge is 2.07. The smallest absolute Gasteiger partial charge is 0.143 e. The minimum absolute atomic E-state index is 0.552. The Morgan fingerprint density at radius 3 is 2.72 bits per heavy atom. The quantitative estimate of drug-likeness (QED) is 0.819. The summed E-state index contributed by atoms with van der Waals surface area (Å²) < 4.78 is 6.11. The lowest BCUT2D eigenvalue weighted by Crippen LogP contribution is -1.99. The van der Waals surface area contributed by atoms with E-state index in [0.29, 0.717) is 16.5 Å². The summed E-state index contributed by atoms with van der Waals surface area (Å²) in [5.74, 6) is 0.631. The van der Waals surface area contributed by atoms with Crippen LogP contribution in [0.25, 0.3) is 0 Å². The molecular formula is C13H12BrClN2O. The van der Waals surface area contributed by atoms with E-state index in [2.05, 4.69) is 21.2 Å². The first-order chi connectivity index (χ1) is 8.61. The highest BCUT2D eigenvalue weighted by molar-refractivity contribution is 9.10. The Balaban J connectivity index is 2.37. The number of ether oxygens (including phenoxy) is 1. The largest absolute Gasteiger partial charge is 0.495 e. The fourth-order valence-electron chi connectivity index (χ4n) is 1.57. The summed E-state index contributed by atoms with van der Waals surface area (Å²) in [6.07, 6.45) is 0. The van der Waals surface area contributed by atoms with Crippen LogP contribution in [0.4, 0.5) is 17.1 Å². The molecule has 2 aromatic carbocycles. The van der Waals surface area contributed by atoms with E-state index in [4.69, 9.17) is 22.1 Å². The highest BCUT2D eigenvalue weighted by atomic mass is 79.9. The molecule has 0 radical (unpaired) electrons. The first-order valence-corrected chi connectivity index (χ1v) is 6.43. The van der Waals surface area contributed by atoms with Gasteiger partial charge in [-0.05, 0) is 30.3 Å². The van der Waals surface area contributed by atoms with Gasteiger partial charge >= 0.3 is 0 Å². The molecule has 3 nitrogen and oxygen atoms in total. The highest BCUT2D eigenvalue weighted by Crippen LogP contribution is 2.34. The van der Waals surface area contributed by atoms with Crippen LogP contribution in [-0.4, -0.2) is 7.11 Å². The first-order valence-electron chi connectivity index (χ1n) is 5.26. The molecule has 0 spiro atoms. The van der Waals surface area contributed by atoms with Crippen LogP contribution in [0, 0.1) is 0 Å². The molecule has 0 aliphatic rings. The van der Waals surface area contributed by atoms with Crippen LogP contribution in [0.1, 0.15) is 0 Å². The topological polar surface area (TPSA) is 47.3 Å². The van der Waals surface area contributed by atoms with Crippen LogP contribution in [-0.2, 0) is 0 Å². The fourth-order valence-corrected chi connectivity index (χ4v) is 2.10. The number of hydrogen-bond acceptors (Lipinski definition) is 3. The van der Waals surface area contributed by atoms with Crippen LogP contribution in [0.15, 0.2) is 40.9 Å². The van der Waals surface area contributed by atoms with Gasteiger partial charge < -0.3 is 15.8 Å². The second-order valence-corrected chi connectivity index (χ2v) is 4.99. The molecule has 0 aliphatic carbocycles. The predicted molar refractivity (Wildman–Crippen MR) is 79.8 cm³/mol. The van der Waals surface area contributed by atoms with Crippen LogP contribution in [0.5, 0.6) is 5.75 Å². The number of anilines is 3. The van der Waals surface area contributed by atoms with Gasteiger partial charge in [0.15, 0.2) is 0 Å². The predicted octanol–water partition coefficient (Wildman–Crippen LogP) is 4.44. The van der Waals surface area contributed by atoms with Crippen LogP contribution < -0.4 is 15.8 Å². The van der Waals surface area contributed by atoms with Crippen molar-refractivity contribution in [1.82, 2.24) is 0 Å². The maximum Gasteiger partial charge on any atom is 0.143 e. The monoisotopic (exact) mass is 326 g/mol. The summed E-state index contributed by atoms with van der Waals surface area (Å²) in [6, 6.07) is 11.1. The van der Waals surface area contributed by atoms with Gasteiger partial charge in [0.25, 0.3) is 0 Å². The number of methoxy groups -OCH3 is 1. The van der Waals surface area contributed by atoms with Crippen LogP contribution in [0.2, 0.25) is 5.02 Å². The standard InChI is InChI=1S/C13H12BrClN2O/c1-18-12-4-2-3-10(13(12)16)17-11-7-8(14)5-6-9(11)15/h2-7,17H,16H2,1H3. The number of benzene rings is 2. The number of nitrogen functional groups attached to an aromatic ring is 1. The van der Waals surface area contributed by atoms with Gasteiger partial charge in [0.1, 0.15) is 5.75 Å². The Hall–Kier alpha value is -1.39. The zero-order valence-corrected chi connectivity index (χ0v) is 12.0. The van der Waals surface area contributed by atoms with E-state index >= 15 is 0 Å². The van der Waals surface area contributed by atoms with Gasteiger partial charge in [0.2, 0.25) is 0 Å². The van der Waals surface area contributed by atoms with Crippen molar-refractivity contribution in [3.05, 3.63) is 45.9 Å². The number of para-hydroxylation sites is 1. The van der Waals surface area contributed by atoms with E-state index in [9.17, 15) is 0 Å². The van der Waals surface area contributed by atoms with Gasteiger partial charge in [0, 0.05) is 4.47 Å². The Labute approximate surface area is 119 Å². The SMILES string of the molecule is COc1cccc(Nc2cc(Br)ccc2Cl)c1N. The van der Waals surface area contributed by atoms with Gasteiger partial charge in [-0.15, -0.1) is 0 Å². The van der Waals surface area contributed by atoms with Gasteiger partial charge in [-0.2, -0.15) is 0 Å². The molecule has 0 fully saturated rings. The molecule has 0 unspecified atom stereocenters. The maximum atomic E-state index is 6.12. The van der Waals surface area contributed by atoms with E-state index in [1.165, 1.54) is 0 Å². The summed E-state index contributed by atoms with van der Waals surface area (Å²) in [7, 11) is 1.58. The van der Waals surface area contributed by atoms with Crippen molar-refractivity contribution in [3.63, 3.8) is 0 Å². The van der Waals surface area contributed by atoms with Crippen molar-refractivity contribution >= 4 is 44.6 Å². The van der Waals surface area contributed by atoms with E-state index in [-0.39, 0.29) is 0 Å². The third-order valence-corrected chi connectivity index (χ3v) is 3.31. The minimum Gasteiger partial charge on any atom is -0.495 e. The van der Waals surface area contributed by atoms with Gasteiger partial charge in [-0.3, -0.25) is 0 Å². The normalized spacial score (nSPS) is 10.2. The molecule has 0 bridgehead atoms. The minimum atomic E-state index is 0.552. The van der Waals surface area contributed by atoms with E-state index in [1.54, 1.807) is 7.11 Å². The van der Waals surface area contributed by atoms with Crippen molar-refractivity contribution < 1.29 is 4.74 Å². The lowest BCUT2D eigenvalue weighted by atomic mass is 10.2. The van der Waals surface area contributed by atoms with Crippen molar-refractivity contribution in [1.29, 1.82) is 0 Å². The summed E-state index contributed by atoms with van der Waals surface area (Å²) in [4.78, 5) is 0. The molecule has 0 heterocycles. The molecule has 0 atom stereocenters. The van der Waals surface area contributed by atoms with Crippen LogP contribution >= 0.6 is 27.5 Å². The Bertz CT molecular complexity index is 575. The molecule has 18 heavy (non-hydrogen) atoms. The third kappa shape index (κ3) is 2.71. The third-order valence-electron chi connectivity index (χ3n) is 2.48. The second-order valence-electron chi connectivity index (χ2n) is 3.67. The Morgan fingerprint density at radius 2 is 2.00 bits per heavy atom. The zero-order valence-electron chi connectivity index (χ0n) is 9.71. The van der Waals surface area contributed by atoms with E-state index in [1.807, 2.05) is 36.4 Å². The average Bonchev–Trinajstić information content (AvgIpc) is 2.36. The molecule has 2 rings (SSSR count). The van der Waals surface area contributed by atoms with Crippen molar-refractivity contribution in [3.8, 4) is 5.75 Å². The molecular weight excluding hydrogens is 316 g/mol. The Kier molecular flexibility index (Phi) is 3.99. The van der Waals surface area contributed by atoms with Crippen LogP contribution in [0.3, 0.4) is 0 Å². The average molecular weight is 328 g/mol. The first kappa shape index (κ1) is 13.1. The fraction of sp³-hybridized carbons (Fsp3) is 0.0769. The molecule has 3 N–H and O–H groups in total. The van der Waals surface area contributed by atoms with Crippen molar-refractivity contribution in [2.24, 2.45) is 0 Å². The molecule has 0 amide bonds. The number of halogens is 2. The lowest BCUT2D eigenvalue weighted by molar-refractivity contribution is 0.417. The summed E-state index contributed by atoms with van der Waals surface area (Å²) in [6.45, 7) is 0. The second kappa shape index (κ2) is 5.50. The number of rotatable bonds is 3. The van der Waals surface area contributed by atoms with E-state index in [0.717, 1.165) is 15.8 Å².